The second-order valence-corrected chi connectivity index (χ2v) is 7.71. The van der Waals surface area contributed by atoms with Crippen LogP contribution in [0.3, 0.4) is 0 Å². The Hall–Kier alpha value is -4.41. The average Bonchev–Trinajstić information content (AvgIpc) is 3.17. The minimum absolute atomic E-state index is 0.0834. The third-order valence-electron chi connectivity index (χ3n) is 5.20. The molecule has 5 aromatic rings. The molecule has 0 unspecified atom stereocenters. The van der Waals surface area contributed by atoms with Gasteiger partial charge in [0.1, 0.15) is 23.0 Å². The lowest BCUT2D eigenvalue weighted by atomic mass is 10.1. The van der Waals surface area contributed by atoms with Gasteiger partial charge in [-0.3, -0.25) is 9.20 Å². The first-order chi connectivity index (χ1) is 16.0. The van der Waals surface area contributed by atoms with Gasteiger partial charge >= 0.3 is 0 Å². The van der Waals surface area contributed by atoms with Crippen molar-refractivity contribution in [3.63, 3.8) is 0 Å². The molecule has 0 bridgehead atoms. The van der Waals surface area contributed by atoms with E-state index in [1.807, 2.05) is 35.9 Å². The van der Waals surface area contributed by atoms with Crippen LogP contribution in [0.15, 0.2) is 77.7 Å². The van der Waals surface area contributed by atoms with Crippen molar-refractivity contribution < 1.29 is 4.74 Å². The van der Waals surface area contributed by atoms with Gasteiger partial charge in [0.15, 0.2) is 5.82 Å². The number of rotatable bonds is 4. The number of nitrogens with zero attached hydrogens (tertiary/aromatic N) is 5. The number of fused-ring (bicyclic) bond motifs is 2. The zero-order chi connectivity index (χ0) is 22.9. The highest BCUT2D eigenvalue weighted by Crippen LogP contribution is 2.27. The minimum atomic E-state index is -0.365. The maximum Gasteiger partial charge on any atom is 0.269 e. The topological polar surface area (TPSA) is 85.2 Å². The number of nitriles is 1. The molecule has 0 amide bonds. The zero-order valence-corrected chi connectivity index (χ0v) is 18.2. The Morgan fingerprint density at radius 2 is 1.82 bits per heavy atom. The van der Waals surface area contributed by atoms with E-state index in [9.17, 15) is 10.1 Å². The van der Waals surface area contributed by atoms with Crippen LogP contribution in [0.1, 0.15) is 11.4 Å². The Balaban J connectivity index is 1.72. The molecule has 0 aliphatic carbocycles. The molecule has 0 fully saturated rings. The van der Waals surface area contributed by atoms with Crippen LogP contribution in [-0.2, 0) is 7.05 Å². The molecule has 0 atom stereocenters. The SMILES string of the molecule is Cn1c(/C(C#N)=C/c2c(Oc3ccc(Cl)cc3)nc3ccccn3c2=O)nc2ccccc21. The number of aryl methyl sites for hydroxylation is 1. The molecule has 0 aliphatic rings. The van der Waals surface area contributed by atoms with Crippen LogP contribution >= 0.6 is 11.6 Å². The predicted octanol–water partition coefficient (Wildman–Crippen LogP) is 5.09. The van der Waals surface area contributed by atoms with E-state index in [1.54, 1.807) is 48.7 Å². The maximum absolute atomic E-state index is 13.4. The van der Waals surface area contributed by atoms with Gasteiger partial charge in [-0.25, -0.2) is 4.98 Å². The number of pyridine rings is 1. The fraction of sp³-hybridized carbons (Fsp3) is 0.0400. The summed E-state index contributed by atoms with van der Waals surface area (Å²) in [6.45, 7) is 0. The molecule has 7 nitrogen and oxygen atoms in total. The maximum atomic E-state index is 13.4. The van der Waals surface area contributed by atoms with E-state index in [0.717, 1.165) is 11.0 Å². The van der Waals surface area contributed by atoms with E-state index in [0.29, 0.717) is 22.2 Å². The number of aromatic nitrogens is 4. The highest BCUT2D eigenvalue weighted by molar-refractivity contribution is 6.30. The van der Waals surface area contributed by atoms with Gasteiger partial charge < -0.3 is 9.30 Å². The second kappa shape index (κ2) is 8.26. The minimum Gasteiger partial charge on any atom is -0.438 e. The zero-order valence-electron chi connectivity index (χ0n) is 17.4. The van der Waals surface area contributed by atoms with Crippen molar-refractivity contribution in [1.29, 1.82) is 5.26 Å². The van der Waals surface area contributed by atoms with Crippen LogP contribution in [0, 0.1) is 11.3 Å². The number of para-hydroxylation sites is 2. The van der Waals surface area contributed by atoms with Crippen molar-refractivity contribution in [3.05, 3.63) is 99.7 Å². The normalized spacial score (nSPS) is 11.6. The molecule has 0 radical (unpaired) electrons. The molecular weight excluding hydrogens is 438 g/mol. The molecule has 3 heterocycles. The summed E-state index contributed by atoms with van der Waals surface area (Å²) in [5, 5.41) is 10.5. The Bertz CT molecular complexity index is 1640. The van der Waals surface area contributed by atoms with Gasteiger partial charge in [0.05, 0.1) is 16.6 Å². The summed E-state index contributed by atoms with van der Waals surface area (Å²) in [6, 6.07) is 21.7. The Kier molecular flexibility index (Phi) is 5.13. The summed E-state index contributed by atoms with van der Waals surface area (Å²) in [5.74, 6) is 0.983. The highest BCUT2D eigenvalue weighted by atomic mass is 35.5. The summed E-state index contributed by atoms with van der Waals surface area (Å²) >= 11 is 5.97. The van der Waals surface area contributed by atoms with Crippen LogP contribution in [0.2, 0.25) is 5.02 Å². The molecule has 0 saturated carbocycles. The standard InChI is InChI=1S/C25H16ClN5O2/c1-30-21-7-3-2-6-20(21)28-23(30)16(15-27)14-19-24(33-18-11-9-17(26)10-12-18)29-22-8-4-5-13-31(22)25(19)32/h2-14H,1H3/b16-14+. The van der Waals surface area contributed by atoms with Crippen molar-refractivity contribution in [2.75, 3.05) is 0 Å². The predicted molar refractivity (Wildman–Crippen MR) is 127 cm³/mol. The molecule has 0 aliphatic heterocycles. The van der Waals surface area contributed by atoms with Crippen molar-refractivity contribution in [3.8, 4) is 17.7 Å². The number of hydrogen-bond donors (Lipinski definition) is 0. The first-order valence-electron chi connectivity index (χ1n) is 10.0. The first-order valence-corrected chi connectivity index (χ1v) is 10.4. The summed E-state index contributed by atoms with van der Waals surface area (Å²) in [6.07, 6.45) is 3.09. The van der Waals surface area contributed by atoms with Crippen LogP contribution in [0.5, 0.6) is 11.6 Å². The number of benzene rings is 2. The Morgan fingerprint density at radius 3 is 2.58 bits per heavy atom. The van der Waals surface area contributed by atoms with E-state index < -0.39 is 0 Å². The number of hydrogen-bond acceptors (Lipinski definition) is 5. The van der Waals surface area contributed by atoms with Gasteiger partial charge in [0.25, 0.3) is 5.56 Å². The van der Waals surface area contributed by atoms with Crippen LogP contribution in [0.4, 0.5) is 0 Å². The lowest BCUT2D eigenvalue weighted by Gasteiger charge is -2.10. The lowest BCUT2D eigenvalue weighted by Crippen LogP contribution is -2.18. The van der Waals surface area contributed by atoms with Crippen LogP contribution in [0.25, 0.3) is 28.3 Å². The molecule has 8 heteroatoms. The third-order valence-corrected chi connectivity index (χ3v) is 5.45. The first kappa shape index (κ1) is 20.5. The van der Waals surface area contributed by atoms with Crippen LogP contribution in [-0.4, -0.2) is 18.9 Å². The molecule has 160 valence electrons. The van der Waals surface area contributed by atoms with Gasteiger partial charge in [-0.2, -0.15) is 10.2 Å². The third kappa shape index (κ3) is 3.73. The molecule has 0 spiro atoms. The van der Waals surface area contributed by atoms with Crippen molar-refractivity contribution in [2.45, 2.75) is 0 Å². The Morgan fingerprint density at radius 1 is 1.06 bits per heavy atom. The molecule has 3 aromatic heterocycles. The summed E-state index contributed by atoms with van der Waals surface area (Å²) in [4.78, 5) is 22.5. The fourth-order valence-corrected chi connectivity index (χ4v) is 3.70. The van der Waals surface area contributed by atoms with Crippen molar-refractivity contribution in [2.24, 2.45) is 7.05 Å². The average molecular weight is 454 g/mol. The number of imidazole rings is 1. The van der Waals surface area contributed by atoms with E-state index in [-0.39, 0.29) is 22.6 Å². The van der Waals surface area contributed by atoms with Crippen molar-refractivity contribution >= 4 is 39.9 Å². The van der Waals surface area contributed by atoms with Gasteiger partial charge in [0, 0.05) is 18.3 Å². The summed E-state index contributed by atoms with van der Waals surface area (Å²) < 4.78 is 9.18. The van der Waals surface area contributed by atoms with Gasteiger partial charge in [0.2, 0.25) is 5.88 Å². The molecule has 0 saturated heterocycles. The molecule has 0 N–H and O–H groups in total. The van der Waals surface area contributed by atoms with Gasteiger partial charge in [-0.05, 0) is 54.6 Å². The Labute approximate surface area is 193 Å². The molecule has 5 rings (SSSR count). The van der Waals surface area contributed by atoms with Crippen LogP contribution < -0.4 is 10.3 Å². The fourth-order valence-electron chi connectivity index (χ4n) is 3.58. The molecule has 2 aromatic carbocycles. The quantitative estimate of drug-likeness (QED) is 0.354. The van der Waals surface area contributed by atoms with Crippen molar-refractivity contribution in [1.82, 2.24) is 18.9 Å². The van der Waals surface area contributed by atoms with E-state index in [4.69, 9.17) is 16.3 Å². The van der Waals surface area contributed by atoms with Gasteiger partial charge in [-0.1, -0.05) is 29.8 Å². The lowest BCUT2D eigenvalue weighted by molar-refractivity contribution is 0.461. The number of ether oxygens (including phenoxy) is 1. The number of halogens is 1. The largest absolute Gasteiger partial charge is 0.438 e. The van der Waals surface area contributed by atoms with Gasteiger partial charge in [-0.15, -0.1) is 0 Å². The summed E-state index contributed by atoms with van der Waals surface area (Å²) in [7, 11) is 1.83. The summed E-state index contributed by atoms with van der Waals surface area (Å²) in [5.41, 5.74) is 2.03. The monoisotopic (exact) mass is 453 g/mol. The van der Waals surface area contributed by atoms with E-state index in [2.05, 4.69) is 16.0 Å². The molecular formula is C25H16ClN5O2. The van der Waals surface area contributed by atoms with E-state index in [1.165, 1.54) is 10.5 Å². The van der Waals surface area contributed by atoms with E-state index >= 15 is 0 Å². The highest BCUT2D eigenvalue weighted by Gasteiger charge is 2.18. The second-order valence-electron chi connectivity index (χ2n) is 7.27. The molecule has 33 heavy (non-hydrogen) atoms. The number of allylic oxidation sites excluding steroid dienone is 1. The smallest absolute Gasteiger partial charge is 0.269 e.